The summed E-state index contributed by atoms with van der Waals surface area (Å²) >= 11 is 5.77. The molecule has 110 valence electrons. The Hall–Kier alpha value is -2.18. The van der Waals surface area contributed by atoms with Crippen molar-refractivity contribution >= 4 is 23.2 Å². The Kier molecular flexibility index (Phi) is 5.08. The molecule has 0 unspecified atom stereocenters. The third-order valence-corrected chi connectivity index (χ3v) is 3.03. The number of benzene rings is 1. The second-order valence-electron chi connectivity index (χ2n) is 4.36. The van der Waals surface area contributed by atoms with Crippen molar-refractivity contribution < 1.29 is 9.18 Å². The Morgan fingerprint density at radius 3 is 2.76 bits per heavy atom. The topological polar surface area (TPSA) is 72.9 Å². The zero-order valence-electron chi connectivity index (χ0n) is 11.1. The normalized spacial score (nSPS) is 11.5. The van der Waals surface area contributed by atoms with Crippen LogP contribution in [0.25, 0.3) is 0 Å². The van der Waals surface area contributed by atoms with Gasteiger partial charge < -0.3 is 11.1 Å². The third kappa shape index (κ3) is 4.14. The van der Waals surface area contributed by atoms with E-state index >= 15 is 0 Å². The quantitative estimate of drug-likeness (QED) is 0.891. The predicted molar refractivity (Wildman–Crippen MR) is 79.9 cm³/mol. The minimum Gasteiger partial charge on any atom is -0.327 e. The molecular formula is C14H14ClFN4O. The number of amides is 1. The lowest BCUT2D eigenvalue weighted by molar-refractivity contribution is 0.102. The summed E-state index contributed by atoms with van der Waals surface area (Å²) in [4.78, 5) is 12.0. The highest BCUT2D eigenvalue weighted by molar-refractivity contribution is 6.30. The lowest BCUT2D eigenvalue weighted by Crippen LogP contribution is -2.12. The number of carbonyl (C=O) groups is 1. The SMILES string of the molecule is NC/C(=C\F)Cn1cc(C(=O)Nc2ccc(Cl)cc2)cn1. The average Bonchev–Trinajstić information content (AvgIpc) is 2.96. The second kappa shape index (κ2) is 7.01. The molecule has 0 aliphatic rings. The van der Waals surface area contributed by atoms with Crippen LogP contribution < -0.4 is 11.1 Å². The van der Waals surface area contributed by atoms with Gasteiger partial charge in [0.2, 0.25) is 0 Å². The number of halogens is 2. The average molecular weight is 309 g/mol. The van der Waals surface area contributed by atoms with Crippen molar-refractivity contribution in [3.05, 3.63) is 59.1 Å². The van der Waals surface area contributed by atoms with Crippen molar-refractivity contribution in [2.75, 3.05) is 11.9 Å². The summed E-state index contributed by atoms with van der Waals surface area (Å²) in [7, 11) is 0. The molecule has 0 saturated heterocycles. The highest BCUT2D eigenvalue weighted by Crippen LogP contribution is 2.14. The van der Waals surface area contributed by atoms with Gasteiger partial charge in [0.15, 0.2) is 0 Å². The van der Waals surface area contributed by atoms with Gasteiger partial charge in [-0.2, -0.15) is 5.10 Å². The fourth-order valence-electron chi connectivity index (χ4n) is 1.66. The van der Waals surface area contributed by atoms with Crippen LogP contribution in [0.5, 0.6) is 0 Å². The largest absolute Gasteiger partial charge is 0.327 e. The number of nitrogens with two attached hydrogens (primary N) is 1. The van der Waals surface area contributed by atoms with Crippen LogP contribution >= 0.6 is 11.6 Å². The monoisotopic (exact) mass is 308 g/mol. The molecule has 21 heavy (non-hydrogen) atoms. The van der Waals surface area contributed by atoms with Crippen LogP contribution in [0.15, 0.2) is 48.6 Å². The molecule has 2 rings (SSSR count). The summed E-state index contributed by atoms with van der Waals surface area (Å²) in [6, 6.07) is 6.76. The molecule has 0 spiro atoms. The zero-order chi connectivity index (χ0) is 15.2. The Balaban J connectivity index is 2.03. The van der Waals surface area contributed by atoms with Gasteiger partial charge in [0.05, 0.1) is 24.6 Å². The molecule has 0 atom stereocenters. The molecule has 0 aliphatic heterocycles. The first kappa shape index (κ1) is 15.2. The maximum absolute atomic E-state index is 12.5. The maximum Gasteiger partial charge on any atom is 0.258 e. The number of nitrogens with one attached hydrogen (secondary N) is 1. The number of hydrogen-bond donors (Lipinski definition) is 2. The van der Waals surface area contributed by atoms with Gasteiger partial charge in [0.25, 0.3) is 5.91 Å². The summed E-state index contributed by atoms with van der Waals surface area (Å²) in [5, 5.41) is 7.31. The highest BCUT2D eigenvalue weighted by atomic mass is 35.5. The van der Waals surface area contributed by atoms with Gasteiger partial charge in [0.1, 0.15) is 0 Å². The molecule has 0 bridgehead atoms. The first-order valence-corrected chi connectivity index (χ1v) is 6.57. The van der Waals surface area contributed by atoms with Gasteiger partial charge >= 0.3 is 0 Å². The molecule has 2 aromatic rings. The molecule has 0 saturated carbocycles. The van der Waals surface area contributed by atoms with Gasteiger partial charge in [-0.1, -0.05) is 11.6 Å². The van der Waals surface area contributed by atoms with Gasteiger partial charge in [-0.3, -0.25) is 9.48 Å². The molecule has 1 heterocycles. The fraction of sp³-hybridized carbons (Fsp3) is 0.143. The van der Waals surface area contributed by atoms with E-state index in [1.165, 1.54) is 17.1 Å². The van der Waals surface area contributed by atoms with E-state index < -0.39 is 0 Å². The molecule has 7 heteroatoms. The molecule has 1 aromatic carbocycles. The second-order valence-corrected chi connectivity index (χ2v) is 4.80. The third-order valence-electron chi connectivity index (χ3n) is 2.78. The maximum atomic E-state index is 12.5. The van der Waals surface area contributed by atoms with E-state index in [0.717, 1.165) is 0 Å². The van der Waals surface area contributed by atoms with Gasteiger partial charge in [-0.15, -0.1) is 0 Å². The summed E-state index contributed by atoms with van der Waals surface area (Å²) in [5.41, 5.74) is 6.77. The first-order chi connectivity index (χ1) is 10.1. The van der Waals surface area contributed by atoms with Crippen LogP contribution in [0.4, 0.5) is 10.1 Å². The zero-order valence-corrected chi connectivity index (χ0v) is 11.8. The first-order valence-electron chi connectivity index (χ1n) is 6.20. The van der Waals surface area contributed by atoms with E-state index in [1.54, 1.807) is 24.3 Å². The van der Waals surface area contributed by atoms with Crippen molar-refractivity contribution in [1.82, 2.24) is 9.78 Å². The number of nitrogens with zero attached hydrogens (tertiary/aromatic N) is 2. The Morgan fingerprint density at radius 1 is 1.43 bits per heavy atom. The number of hydrogen-bond acceptors (Lipinski definition) is 3. The minimum atomic E-state index is -0.304. The molecular weight excluding hydrogens is 295 g/mol. The summed E-state index contributed by atoms with van der Waals surface area (Å²) in [5.74, 6) is -0.304. The molecule has 0 radical (unpaired) electrons. The van der Waals surface area contributed by atoms with Crippen molar-refractivity contribution in [1.29, 1.82) is 0 Å². The lowest BCUT2D eigenvalue weighted by Gasteiger charge is -2.04. The van der Waals surface area contributed by atoms with Crippen LogP contribution in [0.2, 0.25) is 5.02 Å². The summed E-state index contributed by atoms with van der Waals surface area (Å²) in [6.45, 7) is 0.309. The van der Waals surface area contributed by atoms with E-state index in [4.69, 9.17) is 17.3 Å². The smallest absolute Gasteiger partial charge is 0.258 e. The highest BCUT2D eigenvalue weighted by Gasteiger charge is 2.09. The Labute approximate surface area is 126 Å². The van der Waals surface area contributed by atoms with Crippen LogP contribution in [0.1, 0.15) is 10.4 Å². The number of rotatable bonds is 5. The van der Waals surface area contributed by atoms with Crippen LogP contribution in [-0.4, -0.2) is 22.2 Å². The van der Waals surface area contributed by atoms with Crippen LogP contribution in [-0.2, 0) is 6.54 Å². The van der Waals surface area contributed by atoms with Crippen LogP contribution in [0.3, 0.4) is 0 Å². The van der Waals surface area contributed by atoms with E-state index in [2.05, 4.69) is 10.4 Å². The molecule has 0 aliphatic carbocycles. The number of aromatic nitrogens is 2. The molecule has 0 fully saturated rings. The summed E-state index contributed by atoms with van der Waals surface area (Å²) in [6.07, 6.45) is 3.40. The molecule has 1 aromatic heterocycles. The van der Waals surface area contributed by atoms with E-state index in [1.807, 2.05) is 0 Å². The Morgan fingerprint density at radius 2 is 2.14 bits per heavy atom. The Bertz CT molecular complexity index is 651. The minimum absolute atomic E-state index is 0.0999. The van der Waals surface area contributed by atoms with Gasteiger partial charge in [0, 0.05) is 23.5 Å². The summed E-state index contributed by atoms with van der Waals surface area (Å²) < 4.78 is 13.9. The van der Waals surface area contributed by atoms with Crippen molar-refractivity contribution in [2.45, 2.75) is 6.54 Å². The number of anilines is 1. The van der Waals surface area contributed by atoms with Gasteiger partial charge in [-0.05, 0) is 29.8 Å². The lowest BCUT2D eigenvalue weighted by atomic mass is 10.3. The van der Waals surface area contributed by atoms with Crippen LogP contribution in [0, 0.1) is 0 Å². The standard InChI is InChI=1S/C14H14ClFN4O/c15-12-1-3-13(4-2-12)19-14(21)11-7-18-20(9-11)8-10(5-16)6-17/h1-5,7,9H,6,8,17H2,(H,19,21)/b10-5+. The van der Waals surface area contributed by atoms with Crippen molar-refractivity contribution in [3.8, 4) is 0 Å². The van der Waals surface area contributed by atoms with E-state index in [0.29, 0.717) is 28.2 Å². The fourth-order valence-corrected chi connectivity index (χ4v) is 1.78. The van der Waals surface area contributed by atoms with Crippen molar-refractivity contribution in [2.24, 2.45) is 5.73 Å². The molecule has 3 N–H and O–H groups in total. The molecule has 5 nitrogen and oxygen atoms in total. The predicted octanol–water partition coefficient (Wildman–Crippen LogP) is 2.60. The number of carbonyl (C=O) groups excluding carboxylic acids is 1. The van der Waals surface area contributed by atoms with E-state index in [9.17, 15) is 9.18 Å². The molecule has 1 amide bonds. The van der Waals surface area contributed by atoms with Gasteiger partial charge in [-0.25, -0.2) is 4.39 Å². The van der Waals surface area contributed by atoms with E-state index in [-0.39, 0.29) is 19.0 Å². The van der Waals surface area contributed by atoms with Crippen molar-refractivity contribution in [3.63, 3.8) is 0 Å².